The van der Waals surface area contributed by atoms with Crippen LogP contribution in [0.25, 0.3) is 0 Å². The van der Waals surface area contributed by atoms with Gasteiger partial charge in [0, 0.05) is 0 Å². The number of hydrogen-bond acceptors (Lipinski definition) is 1. The van der Waals surface area contributed by atoms with E-state index in [9.17, 15) is 0 Å². The Kier molecular flexibility index (Phi) is 5.33. The minimum atomic E-state index is -0.0997. The first-order chi connectivity index (χ1) is 5.47. The Bertz CT molecular complexity index is 251. The van der Waals surface area contributed by atoms with Gasteiger partial charge in [-0.2, -0.15) is 0 Å². The Morgan fingerprint density at radius 1 is 1.08 bits per heavy atom. The number of halogens is 1. The predicted molar refractivity (Wildman–Crippen MR) is 52.2 cm³/mol. The van der Waals surface area contributed by atoms with Crippen molar-refractivity contribution in [3.8, 4) is 5.75 Å². The first kappa shape index (κ1) is 13.3. The fourth-order valence-corrected chi connectivity index (χ4v) is 1.15. The van der Waals surface area contributed by atoms with Gasteiger partial charge in [-0.05, 0) is 0 Å². The number of ether oxygens (including phenoxy) is 1. The minimum Gasteiger partial charge on any atom is -1.00 e. The van der Waals surface area contributed by atoms with Crippen molar-refractivity contribution < 1.29 is 21.7 Å². The summed E-state index contributed by atoms with van der Waals surface area (Å²) in [6.07, 6.45) is 0. The minimum absolute atomic E-state index is 0. The summed E-state index contributed by atoms with van der Waals surface area (Å²) in [5, 5.41) is 0. The van der Waals surface area contributed by atoms with E-state index >= 15 is 0 Å². The van der Waals surface area contributed by atoms with Gasteiger partial charge in [-0.1, -0.05) is 0 Å². The molecule has 1 aromatic rings. The molecule has 0 aliphatic heterocycles. The van der Waals surface area contributed by atoms with Crippen LogP contribution >= 0.6 is 0 Å². The van der Waals surface area contributed by atoms with Crippen LogP contribution in [0.4, 0.5) is 0 Å². The standard InChI is InChI=1S/C10H13O.BrH.Mg/c1-10(2,3)11-9-7-5-4-6-8-9;;/h5-8H,1-3H3;1H;/q;;+1/p-1. The van der Waals surface area contributed by atoms with Crippen LogP contribution in [-0.2, 0) is 0 Å². The molecular weight excluding hydrogens is 240 g/mol. The second kappa shape index (κ2) is 5.22. The van der Waals surface area contributed by atoms with E-state index in [-0.39, 0.29) is 22.6 Å². The van der Waals surface area contributed by atoms with Gasteiger partial charge in [-0.3, -0.25) is 0 Å². The molecule has 1 nitrogen and oxygen atoms in total. The van der Waals surface area contributed by atoms with Crippen LogP contribution in [0.15, 0.2) is 24.3 Å². The van der Waals surface area contributed by atoms with E-state index in [4.69, 9.17) is 4.74 Å². The molecule has 0 aliphatic carbocycles. The molecule has 13 heavy (non-hydrogen) atoms. The molecule has 1 aromatic carbocycles. The number of benzene rings is 1. The van der Waals surface area contributed by atoms with Crippen LogP contribution in [0, 0.1) is 0 Å². The van der Waals surface area contributed by atoms with Crippen molar-refractivity contribution in [1.82, 2.24) is 0 Å². The van der Waals surface area contributed by atoms with Gasteiger partial charge in [0.2, 0.25) is 0 Å². The Balaban J connectivity index is 0.00000144. The molecule has 0 fully saturated rings. The zero-order valence-corrected chi connectivity index (χ0v) is 11.3. The van der Waals surface area contributed by atoms with E-state index in [0.29, 0.717) is 0 Å². The van der Waals surface area contributed by atoms with Crippen molar-refractivity contribution >= 4 is 25.4 Å². The molecule has 0 unspecified atom stereocenters. The molecule has 0 amide bonds. The third-order valence-corrected chi connectivity index (χ3v) is 1.82. The molecule has 0 bridgehead atoms. The Morgan fingerprint density at radius 3 is 1.92 bits per heavy atom. The summed E-state index contributed by atoms with van der Waals surface area (Å²) >= 11 is 1.88. The fourth-order valence-electron chi connectivity index (χ4n) is 0.911. The molecule has 1 rings (SSSR count). The average Bonchev–Trinajstić information content (AvgIpc) is 1.91. The van der Waals surface area contributed by atoms with E-state index < -0.39 is 0 Å². The normalized spacial score (nSPS) is 10.5. The molecule has 0 heterocycles. The molecule has 0 saturated carbocycles. The van der Waals surface area contributed by atoms with Crippen LogP contribution < -0.4 is 25.4 Å². The van der Waals surface area contributed by atoms with Crippen LogP contribution in [0.1, 0.15) is 20.8 Å². The summed E-state index contributed by atoms with van der Waals surface area (Å²) in [6.45, 7) is 6.15. The summed E-state index contributed by atoms with van der Waals surface area (Å²) in [4.78, 5) is 0. The van der Waals surface area contributed by atoms with Gasteiger partial charge >= 0.3 is 86.5 Å². The van der Waals surface area contributed by atoms with Gasteiger partial charge in [0.25, 0.3) is 0 Å². The van der Waals surface area contributed by atoms with Crippen molar-refractivity contribution in [2.24, 2.45) is 0 Å². The van der Waals surface area contributed by atoms with Crippen LogP contribution in [-0.4, -0.2) is 27.3 Å². The molecule has 0 aromatic heterocycles. The van der Waals surface area contributed by atoms with Gasteiger partial charge in [-0.15, -0.1) is 0 Å². The van der Waals surface area contributed by atoms with Crippen molar-refractivity contribution in [1.29, 1.82) is 0 Å². The Labute approximate surface area is 103 Å². The molecule has 0 atom stereocenters. The molecule has 0 aliphatic rings. The third-order valence-electron chi connectivity index (χ3n) is 1.35. The second-order valence-corrected chi connectivity index (χ2v) is 4.67. The maximum Gasteiger partial charge on any atom is -1.00 e. The Morgan fingerprint density at radius 2 is 1.54 bits per heavy atom. The summed E-state index contributed by atoms with van der Waals surface area (Å²) < 4.78 is 6.95. The zero-order valence-electron chi connectivity index (χ0n) is 8.30. The summed E-state index contributed by atoms with van der Waals surface area (Å²) in [6, 6.07) is 8.15. The van der Waals surface area contributed by atoms with E-state index in [1.807, 2.05) is 33.8 Å². The molecule has 68 valence electrons. The first-order valence-electron chi connectivity index (χ1n) is 4.08. The van der Waals surface area contributed by atoms with Crippen LogP contribution in [0.2, 0.25) is 0 Å². The fraction of sp³-hybridized carbons (Fsp3) is 0.400. The van der Waals surface area contributed by atoms with Gasteiger partial charge in [0.05, 0.1) is 0 Å². The maximum atomic E-state index is 5.66. The van der Waals surface area contributed by atoms with E-state index in [1.54, 1.807) is 0 Å². The smallest absolute Gasteiger partial charge is 1.00 e. The third kappa shape index (κ3) is 5.55. The van der Waals surface area contributed by atoms with Crippen molar-refractivity contribution in [2.75, 3.05) is 0 Å². The summed E-state index contributed by atoms with van der Waals surface area (Å²) in [5.41, 5.74) is -0.0997. The van der Waals surface area contributed by atoms with Crippen LogP contribution in [0.3, 0.4) is 0 Å². The largest absolute Gasteiger partial charge is 1.00 e. The van der Waals surface area contributed by atoms with E-state index in [2.05, 4.69) is 32.9 Å². The topological polar surface area (TPSA) is 9.23 Å². The van der Waals surface area contributed by atoms with E-state index in [0.717, 1.165) is 5.75 Å². The van der Waals surface area contributed by atoms with Gasteiger partial charge in [0.1, 0.15) is 0 Å². The molecule has 0 radical (unpaired) electrons. The SMILES string of the molecule is CC(C)(C)Oc1cc[c]([Mg+])cc1.[Br-]. The Hall–Kier alpha value is 0.266. The number of hydrogen-bond donors (Lipinski definition) is 0. The molecular formula is C10H13BrMgO. The van der Waals surface area contributed by atoms with Crippen molar-refractivity contribution in [2.45, 2.75) is 26.4 Å². The molecule has 0 N–H and O–H groups in total. The molecule has 0 saturated heterocycles. The second-order valence-electron chi connectivity index (χ2n) is 3.86. The monoisotopic (exact) mass is 252 g/mol. The molecule has 0 spiro atoms. The maximum absolute atomic E-state index is 5.66. The van der Waals surface area contributed by atoms with E-state index in [1.165, 1.54) is 3.69 Å². The van der Waals surface area contributed by atoms with Gasteiger partial charge in [-0.25, -0.2) is 0 Å². The van der Waals surface area contributed by atoms with Crippen LogP contribution in [0.5, 0.6) is 5.75 Å². The number of rotatable bonds is 1. The predicted octanol–water partition coefficient (Wildman–Crippen LogP) is -1.34. The van der Waals surface area contributed by atoms with Gasteiger partial charge in [0.15, 0.2) is 0 Å². The first-order valence-corrected chi connectivity index (χ1v) is 4.79. The summed E-state index contributed by atoms with van der Waals surface area (Å²) in [7, 11) is 0. The zero-order chi connectivity index (χ0) is 9.19. The quantitative estimate of drug-likeness (QED) is 0.563. The van der Waals surface area contributed by atoms with Gasteiger partial charge < -0.3 is 17.0 Å². The van der Waals surface area contributed by atoms with Crippen molar-refractivity contribution in [3.63, 3.8) is 0 Å². The molecule has 3 heteroatoms. The average molecular weight is 253 g/mol. The van der Waals surface area contributed by atoms with Crippen molar-refractivity contribution in [3.05, 3.63) is 24.3 Å². The summed E-state index contributed by atoms with van der Waals surface area (Å²) in [5.74, 6) is 0.943.